The van der Waals surface area contributed by atoms with Crippen molar-refractivity contribution >= 4 is 23.4 Å². The van der Waals surface area contributed by atoms with Crippen LogP contribution in [0.3, 0.4) is 0 Å². The molecule has 2 aromatic rings. The van der Waals surface area contributed by atoms with Crippen molar-refractivity contribution < 1.29 is 14.4 Å². The number of amides is 3. The summed E-state index contributed by atoms with van der Waals surface area (Å²) in [7, 11) is 1.46. The van der Waals surface area contributed by atoms with Crippen LogP contribution in [-0.4, -0.2) is 40.6 Å². The highest BCUT2D eigenvalue weighted by Gasteiger charge is 2.21. The molecule has 3 amide bonds. The molecule has 29 heavy (non-hydrogen) atoms. The normalized spacial score (nSPS) is 10.9. The van der Waals surface area contributed by atoms with Gasteiger partial charge in [0.2, 0.25) is 5.91 Å². The molecule has 0 atom stereocenters. The third-order valence-electron chi connectivity index (χ3n) is 3.98. The molecule has 0 unspecified atom stereocenters. The van der Waals surface area contributed by atoms with Gasteiger partial charge in [-0.2, -0.15) is 5.10 Å². The highest BCUT2D eigenvalue weighted by Crippen LogP contribution is 2.17. The van der Waals surface area contributed by atoms with E-state index in [2.05, 4.69) is 21.0 Å². The second kappa shape index (κ2) is 9.13. The Morgan fingerprint density at radius 3 is 2.07 bits per heavy atom. The lowest BCUT2D eigenvalue weighted by Crippen LogP contribution is -2.35. The molecular weight excluding hydrogens is 374 g/mol. The van der Waals surface area contributed by atoms with Gasteiger partial charge < -0.3 is 16.0 Å². The summed E-state index contributed by atoms with van der Waals surface area (Å²) < 4.78 is 1.07. The van der Waals surface area contributed by atoms with Crippen molar-refractivity contribution in [3.8, 4) is 0 Å². The van der Waals surface area contributed by atoms with E-state index >= 15 is 0 Å². The van der Waals surface area contributed by atoms with Crippen molar-refractivity contribution in [1.82, 2.24) is 20.4 Å². The Kier molecular flexibility index (Phi) is 6.87. The van der Waals surface area contributed by atoms with Gasteiger partial charge in [-0.05, 0) is 30.3 Å². The summed E-state index contributed by atoms with van der Waals surface area (Å²) in [5.41, 5.74) is 0.345. The summed E-state index contributed by atoms with van der Waals surface area (Å²) >= 11 is 0. The minimum absolute atomic E-state index is 0.113. The largest absolute Gasteiger partial charge is 0.350 e. The fourth-order valence-corrected chi connectivity index (χ4v) is 2.19. The van der Waals surface area contributed by atoms with E-state index in [9.17, 15) is 19.2 Å². The van der Waals surface area contributed by atoms with Crippen LogP contribution in [0.2, 0.25) is 0 Å². The summed E-state index contributed by atoms with van der Waals surface area (Å²) in [4.78, 5) is 47.4. The number of hydrogen-bond donors (Lipinski definition) is 3. The van der Waals surface area contributed by atoms with E-state index < -0.39 is 11.3 Å². The number of nitrogens with zero attached hydrogens (tertiary/aromatic N) is 2. The van der Waals surface area contributed by atoms with E-state index in [0.717, 1.165) is 4.68 Å². The number of hydrogen-bond acceptors (Lipinski definition) is 5. The predicted octanol–water partition coefficient (Wildman–Crippen LogP) is 0.925. The Hall–Kier alpha value is -3.49. The lowest BCUT2D eigenvalue weighted by Gasteiger charge is -2.17. The molecule has 0 saturated heterocycles. The SMILES string of the molecule is Cn1nc(C(=O)NCCNC(=O)c2ccc(NC(=O)C(C)(C)C)cc2)ccc1=O. The van der Waals surface area contributed by atoms with Crippen LogP contribution in [0, 0.1) is 5.41 Å². The maximum absolute atomic E-state index is 12.2. The summed E-state index contributed by atoms with van der Waals surface area (Å²) in [6, 6.07) is 9.14. The monoisotopic (exact) mass is 399 g/mol. The van der Waals surface area contributed by atoms with Crippen LogP contribution in [0.15, 0.2) is 41.2 Å². The van der Waals surface area contributed by atoms with Gasteiger partial charge in [-0.25, -0.2) is 4.68 Å². The molecule has 0 aliphatic carbocycles. The first-order valence-electron chi connectivity index (χ1n) is 9.10. The number of aromatic nitrogens is 2. The van der Waals surface area contributed by atoms with Crippen molar-refractivity contribution in [2.24, 2.45) is 12.5 Å². The first-order chi connectivity index (χ1) is 13.6. The second-order valence-electron chi connectivity index (χ2n) is 7.47. The van der Waals surface area contributed by atoms with E-state index in [1.807, 2.05) is 20.8 Å². The smallest absolute Gasteiger partial charge is 0.271 e. The van der Waals surface area contributed by atoms with Crippen LogP contribution >= 0.6 is 0 Å². The number of benzene rings is 1. The summed E-state index contributed by atoms with van der Waals surface area (Å²) in [5.74, 6) is -0.847. The van der Waals surface area contributed by atoms with Gasteiger partial charge in [-0.1, -0.05) is 20.8 Å². The first kappa shape index (κ1) is 21.8. The van der Waals surface area contributed by atoms with E-state index in [1.165, 1.54) is 19.2 Å². The van der Waals surface area contributed by atoms with Gasteiger partial charge in [0, 0.05) is 42.9 Å². The summed E-state index contributed by atoms with van der Waals surface area (Å²) in [5, 5.41) is 12.0. The maximum Gasteiger partial charge on any atom is 0.271 e. The first-order valence-corrected chi connectivity index (χ1v) is 9.10. The quantitative estimate of drug-likeness (QED) is 0.624. The molecule has 0 saturated carbocycles. The molecule has 0 aliphatic heterocycles. The Balaban J connectivity index is 1.80. The molecule has 9 nitrogen and oxygen atoms in total. The predicted molar refractivity (Wildman–Crippen MR) is 109 cm³/mol. The Labute approximate surface area is 168 Å². The van der Waals surface area contributed by atoms with Gasteiger partial charge in [0.1, 0.15) is 5.69 Å². The Morgan fingerprint density at radius 1 is 0.931 bits per heavy atom. The zero-order valence-corrected chi connectivity index (χ0v) is 16.9. The molecule has 1 aromatic carbocycles. The number of carbonyl (C=O) groups is 3. The van der Waals surface area contributed by atoms with Gasteiger partial charge in [-0.3, -0.25) is 19.2 Å². The molecule has 0 spiro atoms. The lowest BCUT2D eigenvalue weighted by atomic mass is 9.95. The van der Waals surface area contributed by atoms with Crippen molar-refractivity contribution in [2.75, 3.05) is 18.4 Å². The highest BCUT2D eigenvalue weighted by atomic mass is 16.2. The zero-order valence-electron chi connectivity index (χ0n) is 16.9. The van der Waals surface area contributed by atoms with E-state index in [0.29, 0.717) is 11.3 Å². The molecule has 1 aromatic heterocycles. The van der Waals surface area contributed by atoms with Gasteiger partial charge in [0.05, 0.1) is 0 Å². The van der Waals surface area contributed by atoms with Crippen LogP contribution in [0.1, 0.15) is 41.6 Å². The van der Waals surface area contributed by atoms with Crippen molar-refractivity contribution in [3.05, 3.63) is 58.0 Å². The van der Waals surface area contributed by atoms with Crippen LogP contribution in [0.4, 0.5) is 5.69 Å². The number of aryl methyl sites for hydroxylation is 1. The molecule has 0 aliphatic rings. The van der Waals surface area contributed by atoms with Gasteiger partial charge in [-0.15, -0.1) is 0 Å². The van der Waals surface area contributed by atoms with E-state index in [-0.39, 0.29) is 36.2 Å². The van der Waals surface area contributed by atoms with Crippen LogP contribution < -0.4 is 21.5 Å². The average Bonchev–Trinajstić information content (AvgIpc) is 2.66. The van der Waals surface area contributed by atoms with Gasteiger partial charge >= 0.3 is 0 Å². The Bertz CT molecular complexity index is 958. The molecule has 9 heteroatoms. The third kappa shape index (κ3) is 6.27. The molecule has 0 radical (unpaired) electrons. The second-order valence-corrected chi connectivity index (χ2v) is 7.47. The molecule has 1 heterocycles. The van der Waals surface area contributed by atoms with E-state index in [1.54, 1.807) is 24.3 Å². The molecule has 154 valence electrons. The minimum Gasteiger partial charge on any atom is -0.350 e. The van der Waals surface area contributed by atoms with Crippen LogP contribution in [-0.2, 0) is 11.8 Å². The molecule has 3 N–H and O–H groups in total. The number of carbonyl (C=O) groups excluding carboxylic acids is 3. The molecule has 0 fully saturated rings. The molecule has 0 bridgehead atoms. The van der Waals surface area contributed by atoms with Crippen LogP contribution in [0.25, 0.3) is 0 Å². The fraction of sp³-hybridized carbons (Fsp3) is 0.350. The lowest BCUT2D eigenvalue weighted by molar-refractivity contribution is -0.123. The number of rotatable bonds is 6. The number of nitrogens with one attached hydrogen (secondary N) is 3. The zero-order chi connectivity index (χ0) is 21.6. The van der Waals surface area contributed by atoms with E-state index in [4.69, 9.17) is 0 Å². The van der Waals surface area contributed by atoms with Gasteiger partial charge in [0.15, 0.2) is 0 Å². The maximum atomic E-state index is 12.2. The van der Waals surface area contributed by atoms with Crippen molar-refractivity contribution in [1.29, 1.82) is 0 Å². The Morgan fingerprint density at radius 2 is 1.52 bits per heavy atom. The standard InChI is InChI=1S/C20H25N5O4/c1-20(2,3)19(29)23-14-7-5-13(6-8-14)17(27)21-11-12-22-18(28)15-9-10-16(26)25(4)24-15/h5-10H,11-12H2,1-4H3,(H,21,27)(H,22,28)(H,23,29). The van der Waals surface area contributed by atoms with Crippen LogP contribution in [0.5, 0.6) is 0 Å². The average molecular weight is 399 g/mol. The summed E-state index contributed by atoms with van der Waals surface area (Å²) in [6.45, 7) is 5.88. The highest BCUT2D eigenvalue weighted by molar-refractivity contribution is 5.97. The van der Waals surface area contributed by atoms with Gasteiger partial charge in [0.25, 0.3) is 17.4 Å². The van der Waals surface area contributed by atoms with Crippen molar-refractivity contribution in [2.45, 2.75) is 20.8 Å². The van der Waals surface area contributed by atoms with Crippen molar-refractivity contribution in [3.63, 3.8) is 0 Å². The topological polar surface area (TPSA) is 122 Å². The molecule has 2 rings (SSSR count). The minimum atomic E-state index is -0.510. The number of anilines is 1. The summed E-state index contributed by atoms with van der Waals surface area (Å²) in [6.07, 6.45) is 0. The molecular formula is C20H25N5O4. The fourth-order valence-electron chi connectivity index (χ4n) is 2.19. The third-order valence-corrected chi connectivity index (χ3v) is 3.98.